The van der Waals surface area contributed by atoms with E-state index in [1.807, 2.05) is 12.1 Å². The van der Waals surface area contributed by atoms with Gasteiger partial charge in [-0.15, -0.1) is 0 Å². The second kappa shape index (κ2) is 6.97. The number of rotatable bonds is 5. The first-order valence-electron chi connectivity index (χ1n) is 8.26. The summed E-state index contributed by atoms with van der Waals surface area (Å²) >= 11 is 0. The van der Waals surface area contributed by atoms with Crippen molar-refractivity contribution in [1.82, 2.24) is 0 Å². The third-order valence-electron chi connectivity index (χ3n) is 4.68. The van der Waals surface area contributed by atoms with Crippen molar-refractivity contribution in [3.8, 4) is 5.75 Å². The van der Waals surface area contributed by atoms with Gasteiger partial charge in [0.2, 0.25) is 0 Å². The number of hydrogen-bond acceptors (Lipinski definition) is 2. The third-order valence-corrected chi connectivity index (χ3v) is 4.68. The summed E-state index contributed by atoms with van der Waals surface area (Å²) in [5, 5.41) is 0. The summed E-state index contributed by atoms with van der Waals surface area (Å²) in [5.41, 5.74) is 12.0. The molecule has 0 fully saturated rings. The molecule has 2 N–H and O–H groups in total. The Bertz CT molecular complexity index is 635. The summed E-state index contributed by atoms with van der Waals surface area (Å²) in [6.07, 6.45) is 7.03. The van der Waals surface area contributed by atoms with Crippen molar-refractivity contribution < 1.29 is 4.74 Å². The van der Waals surface area contributed by atoms with Gasteiger partial charge in [0.05, 0.1) is 7.11 Å². The minimum Gasteiger partial charge on any atom is -0.497 e. The molecular formula is C20H25NO. The van der Waals surface area contributed by atoms with E-state index >= 15 is 0 Å². The van der Waals surface area contributed by atoms with Crippen LogP contribution in [0, 0.1) is 0 Å². The van der Waals surface area contributed by atoms with Crippen LogP contribution in [0.1, 0.15) is 47.6 Å². The molecule has 0 heterocycles. The SMILES string of the molecule is COc1cccc(CCC(N)c2ccc3c(c2)CCCC3)c1. The third kappa shape index (κ3) is 3.50. The lowest BCUT2D eigenvalue weighted by atomic mass is 9.88. The number of methoxy groups -OCH3 is 1. The second-order valence-electron chi connectivity index (χ2n) is 6.23. The van der Waals surface area contributed by atoms with Crippen LogP contribution in [-0.4, -0.2) is 7.11 Å². The van der Waals surface area contributed by atoms with E-state index in [2.05, 4.69) is 30.3 Å². The van der Waals surface area contributed by atoms with Crippen molar-refractivity contribution in [2.75, 3.05) is 7.11 Å². The highest BCUT2D eigenvalue weighted by Crippen LogP contribution is 2.26. The monoisotopic (exact) mass is 295 g/mol. The van der Waals surface area contributed by atoms with Gasteiger partial charge in [-0.3, -0.25) is 0 Å². The van der Waals surface area contributed by atoms with Crippen molar-refractivity contribution in [3.63, 3.8) is 0 Å². The van der Waals surface area contributed by atoms with E-state index in [4.69, 9.17) is 10.5 Å². The molecule has 2 nitrogen and oxygen atoms in total. The van der Waals surface area contributed by atoms with Crippen LogP contribution in [0.3, 0.4) is 0 Å². The molecule has 3 rings (SSSR count). The lowest BCUT2D eigenvalue weighted by molar-refractivity contribution is 0.414. The molecule has 0 saturated carbocycles. The molecule has 2 aromatic rings. The summed E-state index contributed by atoms with van der Waals surface area (Å²) in [7, 11) is 1.71. The lowest BCUT2D eigenvalue weighted by Gasteiger charge is -2.19. The van der Waals surface area contributed by atoms with Gasteiger partial charge in [-0.1, -0.05) is 30.3 Å². The van der Waals surface area contributed by atoms with Gasteiger partial charge in [-0.25, -0.2) is 0 Å². The number of aryl methyl sites for hydroxylation is 3. The standard InChI is InChI=1S/C20H25NO/c1-22-19-8-4-5-15(13-19)9-12-20(21)18-11-10-16-6-2-3-7-17(16)14-18/h4-5,8,10-11,13-14,20H,2-3,6-7,9,12,21H2,1H3. The fourth-order valence-corrected chi connectivity index (χ4v) is 3.30. The average Bonchev–Trinajstić information content (AvgIpc) is 2.59. The van der Waals surface area contributed by atoms with Gasteiger partial charge in [0.1, 0.15) is 5.75 Å². The predicted octanol–water partition coefficient (Wildman–Crippen LogP) is 4.21. The predicted molar refractivity (Wildman–Crippen MR) is 91.3 cm³/mol. The molecule has 0 aromatic heterocycles. The van der Waals surface area contributed by atoms with Crippen molar-refractivity contribution in [2.45, 2.75) is 44.6 Å². The van der Waals surface area contributed by atoms with Crippen LogP contribution in [0.5, 0.6) is 5.75 Å². The molecule has 1 aliphatic rings. The minimum atomic E-state index is 0.110. The Kier molecular flexibility index (Phi) is 4.79. The molecule has 0 amide bonds. The molecule has 116 valence electrons. The number of fused-ring (bicyclic) bond motifs is 1. The maximum Gasteiger partial charge on any atom is 0.119 e. The molecule has 0 bridgehead atoms. The summed E-state index contributed by atoms with van der Waals surface area (Å²) in [4.78, 5) is 0. The van der Waals surface area contributed by atoms with Crippen molar-refractivity contribution in [1.29, 1.82) is 0 Å². The zero-order chi connectivity index (χ0) is 15.4. The zero-order valence-electron chi connectivity index (χ0n) is 13.3. The number of hydrogen-bond donors (Lipinski definition) is 1. The topological polar surface area (TPSA) is 35.2 Å². The minimum absolute atomic E-state index is 0.110. The first-order valence-corrected chi connectivity index (χ1v) is 8.26. The van der Waals surface area contributed by atoms with E-state index in [0.29, 0.717) is 0 Å². The molecule has 1 atom stereocenters. The fourth-order valence-electron chi connectivity index (χ4n) is 3.30. The van der Waals surface area contributed by atoms with E-state index < -0.39 is 0 Å². The van der Waals surface area contributed by atoms with Crippen LogP contribution >= 0.6 is 0 Å². The van der Waals surface area contributed by atoms with Crippen molar-refractivity contribution >= 4 is 0 Å². The maximum atomic E-state index is 6.42. The molecular weight excluding hydrogens is 270 g/mol. The highest BCUT2D eigenvalue weighted by molar-refractivity contribution is 5.35. The molecule has 22 heavy (non-hydrogen) atoms. The van der Waals surface area contributed by atoms with Crippen LogP contribution in [0.25, 0.3) is 0 Å². The van der Waals surface area contributed by atoms with Crippen LogP contribution in [0.4, 0.5) is 0 Å². The summed E-state index contributed by atoms with van der Waals surface area (Å²) < 4.78 is 5.28. The molecule has 1 unspecified atom stereocenters. The number of nitrogens with two attached hydrogens (primary N) is 1. The molecule has 0 radical (unpaired) electrons. The second-order valence-corrected chi connectivity index (χ2v) is 6.23. The summed E-state index contributed by atoms with van der Waals surface area (Å²) in [6.45, 7) is 0. The van der Waals surface area contributed by atoms with Crippen LogP contribution < -0.4 is 10.5 Å². The Morgan fingerprint density at radius 1 is 1.05 bits per heavy atom. The molecule has 0 saturated heterocycles. The Morgan fingerprint density at radius 2 is 1.86 bits per heavy atom. The van der Waals surface area contributed by atoms with Gasteiger partial charge in [0, 0.05) is 6.04 Å². The van der Waals surface area contributed by atoms with Crippen molar-refractivity contribution in [2.24, 2.45) is 5.73 Å². The van der Waals surface area contributed by atoms with E-state index in [1.54, 1.807) is 7.11 Å². The normalized spacial score (nSPS) is 15.2. The molecule has 0 aliphatic heterocycles. The first-order chi connectivity index (χ1) is 10.8. The molecule has 2 aromatic carbocycles. The zero-order valence-corrected chi connectivity index (χ0v) is 13.3. The Hall–Kier alpha value is -1.80. The Labute approximate surface area is 133 Å². The van der Waals surface area contributed by atoms with Gasteiger partial charge in [-0.05, 0) is 72.9 Å². The van der Waals surface area contributed by atoms with E-state index in [-0.39, 0.29) is 6.04 Å². The highest BCUT2D eigenvalue weighted by atomic mass is 16.5. The smallest absolute Gasteiger partial charge is 0.119 e. The van der Waals surface area contributed by atoms with Gasteiger partial charge >= 0.3 is 0 Å². The number of ether oxygens (including phenoxy) is 1. The number of benzene rings is 2. The summed E-state index contributed by atoms with van der Waals surface area (Å²) in [5.74, 6) is 0.917. The van der Waals surface area contributed by atoms with Crippen LogP contribution in [0.15, 0.2) is 42.5 Å². The molecule has 2 heteroatoms. The van der Waals surface area contributed by atoms with Gasteiger partial charge in [-0.2, -0.15) is 0 Å². The quantitative estimate of drug-likeness (QED) is 0.897. The fraction of sp³-hybridized carbons (Fsp3) is 0.400. The first kappa shape index (κ1) is 15.1. The van der Waals surface area contributed by atoms with Crippen molar-refractivity contribution in [3.05, 3.63) is 64.7 Å². The van der Waals surface area contributed by atoms with Crippen LogP contribution in [0.2, 0.25) is 0 Å². The van der Waals surface area contributed by atoms with Gasteiger partial charge in [0.15, 0.2) is 0 Å². The van der Waals surface area contributed by atoms with E-state index in [0.717, 1.165) is 18.6 Å². The van der Waals surface area contributed by atoms with Gasteiger partial charge < -0.3 is 10.5 Å². The Balaban J connectivity index is 1.65. The van der Waals surface area contributed by atoms with Crippen LogP contribution in [-0.2, 0) is 19.3 Å². The lowest BCUT2D eigenvalue weighted by Crippen LogP contribution is -2.13. The van der Waals surface area contributed by atoms with E-state index in [1.165, 1.54) is 47.9 Å². The largest absolute Gasteiger partial charge is 0.497 e. The Morgan fingerprint density at radius 3 is 2.68 bits per heavy atom. The maximum absolute atomic E-state index is 6.42. The summed E-state index contributed by atoms with van der Waals surface area (Å²) in [6, 6.07) is 15.2. The highest BCUT2D eigenvalue weighted by Gasteiger charge is 2.13. The van der Waals surface area contributed by atoms with E-state index in [9.17, 15) is 0 Å². The average molecular weight is 295 g/mol. The van der Waals surface area contributed by atoms with Gasteiger partial charge in [0.25, 0.3) is 0 Å². The molecule has 0 spiro atoms. The molecule has 1 aliphatic carbocycles.